The summed E-state index contributed by atoms with van der Waals surface area (Å²) in [4.78, 5) is 0. The van der Waals surface area contributed by atoms with Gasteiger partial charge in [0, 0.05) is 7.05 Å². The van der Waals surface area contributed by atoms with Gasteiger partial charge >= 0.3 is 0 Å². The second kappa shape index (κ2) is 4.80. The van der Waals surface area contributed by atoms with Gasteiger partial charge in [0.15, 0.2) is 0 Å². The van der Waals surface area contributed by atoms with Crippen LogP contribution in [0.15, 0.2) is 22.9 Å². The Morgan fingerprint density at radius 1 is 1.56 bits per heavy atom. The fourth-order valence-electron chi connectivity index (χ4n) is 1.94. The molecule has 2 rings (SSSR count). The van der Waals surface area contributed by atoms with Gasteiger partial charge in [-0.2, -0.15) is 16.4 Å². The van der Waals surface area contributed by atoms with Gasteiger partial charge in [0.25, 0.3) is 0 Å². The van der Waals surface area contributed by atoms with E-state index in [9.17, 15) is 0 Å². The molecule has 86 valence electrons. The SMILES string of the molecule is CCNC(c1ccsc1)c1cc(C)nn1C. The Bertz CT molecular complexity index is 445. The molecule has 0 amide bonds. The maximum Gasteiger partial charge on any atom is 0.0756 e. The highest BCUT2D eigenvalue weighted by Gasteiger charge is 2.17. The van der Waals surface area contributed by atoms with Crippen molar-refractivity contribution in [2.75, 3.05) is 6.54 Å². The van der Waals surface area contributed by atoms with Gasteiger partial charge in [-0.3, -0.25) is 4.68 Å². The smallest absolute Gasteiger partial charge is 0.0756 e. The average molecular weight is 235 g/mol. The van der Waals surface area contributed by atoms with E-state index in [2.05, 4.69) is 40.2 Å². The molecule has 2 aromatic heterocycles. The molecule has 2 heterocycles. The summed E-state index contributed by atoms with van der Waals surface area (Å²) in [6.45, 7) is 5.10. The van der Waals surface area contributed by atoms with E-state index in [0.717, 1.165) is 12.2 Å². The molecule has 0 aliphatic rings. The van der Waals surface area contributed by atoms with E-state index in [1.165, 1.54) is 11.3 Å². The molecule has 0 aromatic carbocycles. The van der Waals surface area contributed by atoms with Crippen LogP contribution in [0.1, 0.15) is 29.9 Å². The molecule has 0 radical (unpaired) electrons. The minimum Gasteiger partial charge on any atom is -0.305 e. The number of aromatic nitrogens is 2. The molecule has 4 heteroatoms. The van der Waals surface area contributed by atoms with Crippen molar-refractivity contribution in [3.05, 3.63) is 39.8 Å². The molecule has 3 nitrogen and oxygen atoms in total. The van der Waals surface area contributed by atoms with E-state index in [1.54, 1.807) is 11.3 Å². The number of rotatable bonds is 4. The highest BCUT2D eigenvalue weighted by Crippen LogP contribution is 2.24. The van der Waals surface area contributed by atoms with Gasteiger partial charge in [0.1, 0.15) is 0 Å². The highest BCUT2D eigenvalue weighted by molar-refractivity contribution is 7.08. The summed E-state index contributed by atoms with van der Waals surface area (Å²) in [5.41, 5.74) is 3.60. The third-order valence-electron chi connectivity index (χ3n) is 2.62. The van der Waals surface area contributed by atoms with E-state index in [0.29, 0.717) is 0 Å². The summed E-state index contributed by atoms with van der Waals surface area (Å²) in [5, 5.41) is 12.2. The number of nitrogens with zero attached hydrogens (tertiary/aromatic N) is 2. The first-order valence-electron chi connectivity index (χ1n) is 5.48. The summed E-state index contributed by atoms with van der Waals surface area (Å²) < 4.78 is 1.96. The number of nitrogens with one attached hydrogen (secondary N) is 1. The minimum absolute atomic E-state index is 0.252. The van der Waals surface area contributed by atoms with Crippen molar-refractivity contribution in [3.63, 3.8) is 0 Å². The van der Waals surface area contributed by atoms with Crippen LogP contribution in [0.2, 0.25) is 0 Å². The summed E-state index contributed by atoms with van der Waals surface area (Å²) in [7, 11) is 2.00. The van der Waals surface area contributed by atoms with E-state index in [-0.39, 0.29) is 6.04 Å². The zero-order valence-electron chi connectivity index (χ0n) is 9.90. The topological polar surface area (TPSA) is 29.9 Å². The fourth-order valence-corrected chi connectivity index (χ4v) is 2.62. The Morgan fingerprint density at radius 3 is 2.88 bits per heavy atom. The lowest BCUT2D eigenvalue weighted by molar-refractivity contribution is 0.573. The van der Waals surface area contributed by atoms with E-state index < -0.39 is 0 Å². The van der Waals surface area contributed by atoms with Crippen LogP contribution < -0.4 is 5.32 Å². The molecule has 0 saturated heterocycles. The Kier molecular flexibility index (Phi) is 3.41. The van der Waals surface area contributed by atoms with E-state index in [1.807, 2.05) is 18.7 Å². The molecule has 0 aliphatic carbocycles. The van der Waals surface area contributed by atoms with Gasteiger partial charge in [-0.25, -0.2) is 0 Å². The van der Waals surface area contributed by atoms with Crippen LogP contribution in [0.5, 0.6) is 0 Å². The monoisotopic (exact) mass is 235 g/mol. The third kappa shape index (κ3) is 2.18. The number of aryl methyl sites for hydroxylation is 2. The molecular formula is C12H17N3S. The molecule has 0 spiro atoms. The van der Waals surface area contributed by atoms with Gasteiger partial charge < -0.3 is 5.32 Å². The average Bonchev–Trinajstić information content (AvgIpc) is 2.85. The van der Waals surface area contributed by atoms with Crippen LogP contribution in [0.3, 0.4) is 0 Å². The number of thiophene rings is 1. The Labute approximate surface area is 100 Å². The van der Waals surface area contributed by atoms with Gasteiger partial charge in [-0.15, -0.1) is 0 Å². The molecule has 1 atom stereocenters. The summed E-state index contributed by atoms with van der Waals surface area (Å²) in [6, 6.07) is 4.56. The number of hydrogen-bond acceptors (Lipinski definition) is 3. The predicted octanol–water partition coefficient (Wildman–Crippen LogP) is 2.49. The molecular weight excluding hydrogens is 218 g/mol. The Hall–Kier alpha value is -1.13. The van der Waals surface area contributed by atoms with Crippen LogP contribution in [0.4, 0.5) is 0 Å². The maximum absolute atomic E-state index is 4.40. The molecule has 1 unspecified atom stereocenters. The Balaban J connectivity index is 2.36. The van der Waals surface area contributed by atoms with Crippen molar-refractivity contribution in [2.24, 2.45) is 7.05 Å². The third-order valence-corrected chi connectivity index (χ3v) is 3.32. The summed E-state index contributed by atoms with van der Waals surface area (Å²) >= 11 is 1.73. The van der Waals surface area contributed by atoms with Gasteiger partial charge in [-0.05, 0) is 41.9 Å². The molecule has 0 fully saturated rings. The molecule has 2 aromatic rings. The van der Waals surface area contributed by atoms with Crippen LogP contribution in [0, 0.1) is 6.92 Å². The first-order chi connectivity index (χ1) is 7.72. The van der Waals surface area contributed by atoms with Crippen molar-refractivity contribution in [2.45, 2.75) is 19.9 Å². The largest absolute Gasteiger partial charge is 0.305 e. The quantitative estimate of drug-likeness (QED) is 0.882. The second-order valence-electron chi connectivity index (χ2n) is 3.88. The predicted molar refractivity (Wildman–Crippen MR) is 67.8 cm³/mol. The highest BCUT2D eigenvalue weighted by atomic mass is 32.1. The van der Waals surface area contributed by atoms with Gasteiger partial charge in [0.2, 0.25) is 0 Å². The molecule has 0 saturated carbocycles. The van der Waals surface area contributed by atoms with Crippen LogP contribution in [0.25, 0.3) is 0 Å². The van der Waals surface area contributed by atoms with Crippen molar-refractivity contribution in [3.8, 4) is 0 Å². The zero-order valence-corrected chi connectivity index (χ0v) is 10.7. The summed E-state index contributed by atoms with van der Waals surface area (Å²) in [5.74, 6) is 0. The van der Waals surface area contributed by atoms with Gasteiger partial charge in [0.05, 0.1) is 17.4 Å². The standard InChI is InChI=1S/C12H17N3S/c1-4-13-12(10-5-6-16-8-10)11-7-9(2)14-15(11)3/h5-8,12-13H,4H2,1-3H3. The Morgan fingerprint density at radius 2 is 2.38 bits per heavy atom. The second-order valence-corrected chi connectivity index (χ2v) is 4.66. The van der Waals surface area contributed by atoms with Crippen molar-refractivity contribution >= 4 is 11.3 Å². The first-order valence-corrected chi connectivity index (χ1v) is 6.42. The molecule has 0 bridgehead atoms. The maximum atomic E-state index is 4.40. The lowest BCUT2D eigenvalue weighted by Crippen LogP contribution is -2.23. The van der Waals surface area contributed by atoms with Gasteiger partial charge in [-0.1, -0.05) is 6.92 Å². The van der Waals surface area contributed by atoms with Crippen LogP contribution in [-0.2, 0) is 7.05 Å². The lowest BCUT2D eigenvalue weighted by atomic mass is 10.1. The fraction of sp³-hybridized carbons (Fsp3) is 0.417. The normalized spacial score (nSPS) is 12.9. The van der Waals surface area contributed by atoms with E-state index in [4.69, 9.17) is 0 Å². The lowest BCUT2D eigenvalue weighted by Gasteiger charge is -2.16. The van der Waals surface area contributed by atoms with Crippen LogP contribution in [-0.4, -0.2) is 16.3 Å². The first kappa shape index (κ1) is 11.4. The zero-order chi connectivity index (χ0) is 11.5. The van der Waals surface area contributed by atoms with Crippen LogP contribution >= 0.6 is 11.3 Å². The van der Waals surface area contributed by atoms with Crippen molar-refractivity contribution in [1.82, 2.24) is 15.1 Å². The molecule has 1 N–H and O–H groups in total. The summed E-state index contributed by atoms with van der Waals surface area (Å²) in [6.07, 6.45) is 0. The van der Waals surface area contributed by atoms with E-state index >= 15 is 0 Å². The molecule has 16 heavy (non-hydrogen) atoms. The number of hydrogen-bond donors (Lipinski definition) is 1. The van der Waals surface area contributed by atoms with Crippen molar-refractivity contribution in [1.29, 1.82) is 0 Å². The van der Waals surface area contributed by atoms with Crippen molar-refractivity contribution < 1.29 is 0 Å². The minimum atomic E-state index is 0.252. The molecule has 0 aliphatic heterocycles.